The van der Waals surface area contributed by atoms with Crippen molar-refractivity contribution in [1.82, 2.24) is 10.6 Å². The minimum Gasteiger partial charge on any atom is -0.460 e. The van der Waals surface area contributed by atoms with Crippen LogP contribution in [0, 0.1) is 0 Å². The average molecular weight is 407 g/mol. The Morgan fingerprint density at radius 2 is 1.23 bits per heavy atom. The molecule has 4 nitrogen and oxygen atoms in total. The molecule has 160 valence electrons. The van der Waals surface area contributed by atoms with Crippen molar-refractivity contribution in [2.24, 2.45) is 0 Å². The van der Waals surface area contributed by atoms with E-state index in [1.807, 2.05) is 20.8 Å². The van der Waals surface area contributed by atoms with Crippen molar-refractivity contribution in [3.63, 3.8) is 0 Å². The largest absolute Gasteiger partial charge is 0.460 e. The number of rotatable bonds is 9. The first kappa shape index (κ1) is 22.3. The maximum absolute atomic E-state index is 12.0. The lowest BCUT2D eigenvalue weighted by Gasteiger charge is -2.20. The highest BCUT2D eigenvalue weighted by Gasteiger charge is 2.16. The zero-order chi connectivity index (χ0) is 21.6. The topological polar surface area (TPSA) is 50.4 Å². The summed E-state index contributed by atoms with van der Waals surface area (Å²) in [6.07, 6.45) is 1.49. The monoisotopic (exact) mass is 406 g/mol. The molecule has 0 radical (unpaired) electrons. The van der Waals surface area contributed by atoms with Crippen molar-refractivity contribution in [3.05, 3.63) is 59.7 Å². The zero-order valence-electron chi connectivity index (χ0n) is 18.7. The van der Waals surface area contributed by atoms with E-state index in [-0.39, 0.29) is 5.97 Å². The molecule has 0 aromatic heterocycles. The predicted molar refractivity (Wildman–Crippen MR) is 126 cm³/mol. The Bertz CT molecular complexity index is 948. The molecule has 0 atom stereocenters. The Balaban J connectivity index is 1.85. The molecule has 0 amide bonds. The number of hydrogen-bond acceptors (Lipinski definition) is 4. The Labute approximate surface area is 180 Å². The minimum atomic E-state index is -0.439. The third-order valence-corrected chi connectivity index (χ3v) is 5.11. The highest BCUT2D eigenvalue weighted by atomic mass is 16.6. The lowest BCUT2D eigenvalue weighted by atomic mass is 9.91. The van der Waals surface area contributed by atoms with Gasteiger partial charge < -0.3 is 15.4 Å². The van der Waals surface area contributed by atoms with Crippen LogP contribution in [0.2, 0.25) is 0 Å². The van der Waals surface area contributed by atoms with E-state index >= 15 is 0 Å². The van der Waals surface area contributed by atoms with E-state index in [1.54, 1.807) is 0 Å². The van der Waals surface area contributed by atoms with Crippen LogP contribution in [-0.4, -0.2) is 24.7 Å². The summed E-state index contributed by atoms with van der Waals surface area (Å²) in [4.78, 5) is 12.0. The Morgan fingerprint density at radius 1 is 0.800 bits per heavy atom. The average Bonchev–Trinajstić information content (AvgIpc) is 2.71. The van der Waals surface area contributed by atoms with E-state index in [1.165, 1.54) is 32.7 Å². The summed E-state index contributed by atoms with van der Waals surface area (Å²) in [7, 11) is 0. The highest BCUT2D eigenvalue weighted by Crippen LogP contribution is 2.33. The van der Waals surface area contributed by atoms with E-state index < -0.39 is 5.60 Å². The highest BCUT2D eigenvalue weighted by molar-refractivity contribution is 6.05. The number of benzene rings is 3. The molecule has 0 spiro atoms. The molecule has 3 aromatic carbocycles. The van der Waals surface area contributed by atoms with Crippen LogP contribution in [0.15, 0.2) is 48.5 Å². The van der Waals surface area contributed by atoms with Gasteiger partial charge in [0.15, 0.2) is 0 Å². The van der Waals surface area contributed by atoms with Crippen LogP contribution in [0.25, 0.3) is 21.5 Å². The van der Waals surface area contributed by atoms with Crippen molar-refractivity contribution in [2.75, 3.05) is 13.1 Å². The molecular weight excluding hydrogens is 372 g/mol. The van der Waals surface area contributed by atoms with Crippen LogP contribution in [0.5, 0.6) is 0 Å². The van der Waals surface area contributed by atoms with Crippen molar-refractivity contribution in [1.29, 1.82) is 0 Å². The molecule has 30 heavy (non-hydrogen) atoms. The number of carbonyl (C=O) groups excluding carboxylic acids is 1. The molecule has 3 rings (SSSR count). The van der Waals surface area contributed by atoms with Crippen LogP contribution in [0.1, 0.15) is 51.7 Å². The number of fused-ring (bicyclic) bond motifs is 2. The standard InChI is InChI=1S/C26H34N2O2/c1-5-15-27-17-23-19-10-6-8-12-21(19)24(22-13-9-7-11-20(22)23)18-28-16-14-25(29)30-26(2,3)4/h6-13,27-28H,5,14-18H2,1-4H3. The van der Waals surface area contributed by atoms with Gasteiger partial charge in [0, 0.05) is 19.6 Å². The number of hydrogen-bond donors (Lipinski definition) is 2. The molecule has 0 aliphatic rings. The van der Waals surface area contributed by atoms with Crippen molar-refractivity contribution in [3.8, 4) is 0 Å². The van der Waals surface area contributed by atoms with E-state index in [2.05, 4.69) is 66.1 Å². The molecule has 0 saturated carbocycles. The zero-order valence-corrected chi connectivity index (χ0v) is 18.7. The molecule has 0 aliphatic heterocycles. The number of ether oxygens (including phenoxy) is 1. The summed E-state index contributed by atoms with van der Waals surface area (Å²) in [6.45, 7) is 11.1. The Morgan fingerprint density at radius 3 is 1.63 bits per heavy atom. The van der Waals surface area contributed by atoms with Crippen LogP contribution in [0.4, 0.5) is 0 Å². The fraction of sp³-hybridized carbons (Fsp3) is 0.423. The van der Waals surface area contributed by atoms with Gasteiger partial charge in [-0.25, -0.2) is 0 Å². The lowest BCUT2D eigenvalue weighted by molar-refractivity contribution is -0.154. The Hall–Kier alpha value is -2.43. The van der Waals surface area contributed by atoms with Gasteiger partial charge in [-0.1, -0.05) is 55.5 Å². The molecule has 0 bridgehead atoms. The summed E-state index contributed by atoms with van der Waals surface area (Å²) in [5.41, 5.74) is 2.20. The number of carbonyl (C=O) groups is 1. The van der Waals surface area contributed by atoms with Crippen LogP contribution in [-0.2, 0) is 22.6 Å². The van der Waals surface area contributed by atoms with Crippen LogP contribution < -0.4 is 10.6 Å². The summed E-state index contributed by atoms with van der Waals surface area (Å²) in [6, 6.07) is 17.3. The predicted octanol–water partition coefficient (Wildman–Crippen LogP) is 5.31. The first-order valence-corrected chi connectivity index (χ1v) is 10.9. The fourth-order valence-corrected chi connectivity index (χ4v) is 3.88. The van der Waals surface area contributed by atoms with Crippen molar-refractivity contribution < 1.29 is 9.53 Å². The molecule has 0 saturated heterocycles. The van der Waals surface area contributed by atoms with Gasteiger partial charge in [-0.15, -0.1) is 0 Å². The van der Waals surface area contributed by atoms with Gasteiger partial charge in [0.2, 0.25) is 0 Å². The van der Waals surface area contributed by atoms with E-state index in [4.69, 9.17) is 4.74 Å². The van der Waals surface area contributed by atoms with Gasteiger partial charge in [0.1, 0.15) is 5.60 Å². The van der Waals surface area contributed by atoms with Gasteiger partial charge in [-0.2, -0.15) is 0 Å². The quantitative estimate of drug-likeness (QED) is 0.287. The van der Waals surface area contributed by atoms with Crippen molar-refractivity contribution in [2.45, 2.75) is 59.2 Å². The van der Waals surface area contributed by atoms with Crippen LogP contribution in [0.3, 0.4) is 0 Å². The maximum Gasteiger partial charge on any atom is 0.307 e. The first-order valence-electron chi connectivity index (χ1n) is 10.9. The van der Waals surface area contributed by atoms with Gasteiger partial charge in [0.25, 0.3) is 0 Å². The molecule has 0 unspecified atom stereocenters. The van der Waals surface area contributed by atoms with Gasteiger partial charge in [-0.05, 0) is 66.4 Å². The second-order valence-electron chi connectivity index (χ2n) is 8.74. The smallest absolute Gasteiger partial charge is 0.307 e. The van der Waals surface area contributed by atoms with Gasteiger partial charge >= 0.3 is 5.97 Å². The molecule has 4 heteroatoms. The molecule has 0 fully saturated rings. The second-order valence-corrected chi connectivity index (χ2v) is 8.74. The third kappa shape index (κ3) is 5.59. The van der Waals surface area contributed by atoms with E-state index in [0.29, 0.717) is 19.5 Å². The molecule has 2 N–H and O–H groups in total. The molecule has 3 aromatic rings. The van der Waals surface area contributed by atoms with Gasteiger partial charge in [-0.3, -0.25) is 4.79 Å². The minimum absolute atomic E-state index is 0.165. The second kappa shape index (κ2) is 10.1. The summed E-state index contributed by atoms with van der Waals surface area (Å²) >= 11 is 0. The summed E-state index contributed by atoms with van der Waals surface area (Å²) in [5.74, 6) is -0.165. The third-order valence-electron chi connectivity index (χ3n) is 5.11. The van der Waals surface area contributed by atoms with E-state index in [0.717, 1.165) is 19.5 Å². The SMILES string of the molecule is CCCNCc1c2ccccc2c(CNCCC(=O)OC(C)(C)C)c2ccccc12. The normalized spacial score (nSPS) is 11.9. The molecule has 0 heterocycles. The fourth-order valence-electron chi connectivity index (χ4n) is 3.88. The van der Waals surface area contributed by atoms with Crippen LogP contribution >= 0.6 is 0 Å². The summed E-state index contributed by atoms with van der Waals surface area (Å²) in [5, 5.41) is 12.2. The van der Waals surface area contributed by atoms with E-state index in [9.17, 15) is 4.79 Å². The maximum atomic E-state index is 12.0. The molecular formula is C26H34N2O2. The van der Waals surface area contributed by atoms with Gasteiger partial charge in [0.05, 0.1) is 6.42 Å². The Kier molecular flexibility index (Phi) is 7.46. The number of esters is 1. The lowest BCUT2D eigenvalue weighted by Crippen LogP contribution is -2.26. The first-order chi connectivity index (χ1) is 14.4. The summed E-state index contributed by atoms with van der Waals surface area (Å²) < 4.78 is 5.41. The molecule has 0 aliphatic carbocycles. The number of nitrogens with one attached hydrogen (secondary N) is 2. The van der Waals surface area contributed by atoms with Crippen molar-refractivity contribution >= 4 is 27.5 Å².